The Hall–Kier alpha value is -3.06. The van der Waals surface area contributed by atoms with E-state index in [0.717, 1.165) is 49.0 Å². The maximum absolute atomic E-state index is 6.29. The minimum Gasteiger partial charge on any atom is -0.444 e. The molecule has 0 spiro atoms. The molecule has 7 nitrogen and oxygen atoms in total. The van der Waals surface area contributed by atoms with Gasteiger partial charge in [-0.1, -0.05) is 29.3 Å². The van der Waals surface area contributed by atoms with Gasteiger partial charge in [0.05, 0.1) is 10.7 Å². The summed E-state index contributed by atoms with van der Waals surface area (Å²) in [4.78, 5) is 15.6. The molecule has 3 heterocycles. The number of pyridine rings is 1. The normalized spacial score (nSPS) is 16.5. The molecule has 2 aromatic heterocycles. The van der Waals surface area contributed by atoms with Gasteiger partial charge in [-0.25, -0.2) is 9.97 Å². The van der Waals surface area contributed by atoms with Crippen molar-refractivity contribution in [1.82, 2.24) is 20.6 Å². The zero-order chi connectivity index (χ0) is 21.6. The van der Waals surface area contributed by atoms with E-state index < -0.39 is 0 Å². The fourth-order valence-electron chi connectivity index (χ4n) is 3.63. The largest absolute Gasteiger partial charge is 0.444 e. The third-order valence-corrected chi connectivity index (χ3v) is 5.61. The van der Waals surface area contributed by atoms with E-state index in [1.165, 1.54) is 5.56 Å². The number of nitrogens with one attached hydrogen (secondary N) is 2. The summed E-state index contributed by atoms with van der Waals surface area (Å²) in [6.45, 7) is 4.52. The van der Waals surface area contributed by atoms with Gasteiger partial charge in [-0.2, -0.15) is 0 Å². The Labute approximate surface area is 187 Å². The van der Waals surface area contributed by atoms with Crippen LogP contribution in [0.15, 0.2) is 58.3 Å². The van der Waals surface area contributed by atoms with E-state index >= 15 is 0 Å². The van der Waals surface area contributed by atoms with E-state index in [2.05, 4.69) is 49.6 Å². The molecule has 162 valence electrons. The minimum absolute atomic E-state index is 0.282. The molecule has 2 N–H and O–H groups in total. The number of aryl methyl sites for hydroxylation is 1. The fourth-order valence-corrected chi connectivity index (χ4v) is 3.87. The molecule has 1 aliphatic heterocycles. The van der Waals surface area contributed by atoms with Crippen LogP contribution in [0.4, 0.5) is 5.82 Å². The minimum atomic E-state index is 0.282. The predicted octanol–water partition coefficient (Wildman–Crippen LogP) is 3.68. The van der Waals surface area contributed by atoms with Gasteiger partial charge in [0.25, 0.3) is 0 Å². The van der Waals surface area contributed by atoms with Crippen molar-refractivity contribution < 1.29 is 4.42 Å². The molecule has 1 fully saturated rings. The summed E-state index contributed by atoms with van der Waals surface area (Å²) >= 11 is 6.29. The fraction of sp³-hybridized carbons (Fsp3) is 0.348. The molecule has 1 aromatic carbocycles. The molecule has 1 unspecified atom stereocenters. The lowest BCUT2D eigenvalue weighted by Crippen LogP contribution is -2.45. The molecule has 0 aliphatic carbocycles. The van der Waals surface area contributed by atoms with Crippen molar-refractivity contribution in [1.29, 1.82) is 0 Å². The van der Waals surface area contributed by atoms with Crippen molar-refractivity contribution in [3.05, 3.63) is 65.1 Å². The smallest absolute Gasteiger partial charge is 0.226 e. The lowest BCUT2D eigenvalue weighted by Gasteiger charge is -2.20. The Kier molecular flexibility index (Phi) is 6.72. The van der Waals surface area contributed by atoms with Gasteiger partial charge in [0.2, 0.25) is 5.89 Å². The van der Waals surface area contributed by atoms with E-state index in [9.17, 15) is 0 Å². The van der Waals surface area contributed by atoms with Crippen LogP contribution in [-0.2, 0) is 6.42 Å². The van der Waals surface area contributed by atoms with Gasteiger partial charge in [0.1, 0.15) is 12.1 Å². The van der Waals surface area contributed by atoms with Crippen molar-refractivity contribution in [2.24, 2.45) is 4.99 Å². The number of rotatable bonds is 6. The van der Waals surface area contributed by atoms with E-state index in [1.54, 1.807) is 19.5 Å². The molecule has 0 amide bonds. The summed E-state index contributed by atoms with van der Waals surface area (Å²) in [5.41, 5.74) is 3.11. The molecule has 1 saturated heterocycles. The van der Waals surface area contributed by atoms with Crippen LogP contribution < -0.4 is 15.5 Å². The third kappa shape index (κ3) is 5.35. The Bertz CT molecular complexity index is 1030. The highest BCUT2D eigenvalue weighted by atomic mass is 35.5. The van der Waals surface area contributed by atoms with Crippen molar-refractivity contribution in [2.75, 3.05) is 31.6 Å². The van der Waals surface area contributed by atoms with Crippen LogP contribution in [0, 0.1) is 6.92 Å². The number of aromatic nitrogens is 2. The molecule has 0 radical (unpaired) electrons. The summed E-state index contributed by atoms with van der Waals surface area (Å²) < 4.78 is 5.64. The highest BCUT2D eigenvalue weighted by Gasteiger charge is 2.25. The standard InChI is InChI=1S/C23H27ClN6O/c1-16-5-7-17(8-6-16)22-28-19(15-31-22)9-12-27-23(25-2)29-18-10-13-30(14-18)21-20(24)4-3-11-26-21/h3-8,11,15,18H,9-10,12-14H2,1-2H3,(H2,25,27,29). The van der Waals surface area contributed by atoms with Crippen LogP contribution in [0.2, 0.25) is 5.02 Å². The Morgan fingerprint density at radius 1 is 1.29 bits per heavy atom. The van der Waals surface area contributed by atoms with Crippen LogP contribution in [0.5, 0.6) is 0 Å². The Morgan fingerprint density at radius 3 is 2.90 bits per heavy atom. The molecule has 31 heavy (non-hydrogen) atoms. The molecule has 4 rings (SSSR count). The predicted molar refractivity (Wildman–Crippen MR) is 125 cm³/mol. The van der Waals surface area contributed by atoms with Crippen molar-refractivity contribution in [2.45, 2.75) is 25.8 Å². The molecular weight excluding hydrogens is 412 g/mol. The number of anilines is 1. The van der Waals surface area contributed by atoms with Gasteiger partial charge in [0, 0.05) is 50.9 Å². The molecule has 1 aliphatic rings. The number of hydrogen-bond donors (Lipinski definition) is 2. The van der Waals surface area contributed by atoms with Crippen LogP contribution in [-0.4, -0.2) is 48.7 Å². The first-order chi connectivity index (χ1) is 15.1. The quantitative estimate of drug-likeness (QED) is 0.451. The molecule has 0 bridgehead atoms. The Morgan fingerprint density at radius 2 is 2.13 bits per heavy atom. The number of aliphatic imine (C=N–C) groups is 1. The van der Waals surface area contributed by atoms with Crippen LogP contribution in [0.3, 0.4) is 0 Å². The number of benzene rings is 1. The van der Waals surface area contributed by atoms with Crippen molar-refractivity contribution in [3.63, 3.8) is 0 Å². The van der Waals surface area contributed by atoms with Gasteiger partial charge in [-0.3, -0.25) is 4.99 Å². The summed E-state index contributed by atoms with van der Waals surface area (Å²) in [6.07, 6.45) is 5.24. The zero-order valence-corrected chi connectivity index (χ0v) is 18.6. The van der Waals surface area contributed by atoms with Gasteiger partial charge >= 0.3 is 0 Å². The van der Waals surface area contributed by atoms with E-state index in [4.69, 9.17) is 16.0 Å². The van der Waals surface area contributed by atoms with Gasteiger partial charge in [0.15, 0.2) is 5.96 Å². The van der Waals surface area contributed by atoms with E-state index in [-0.39, 0.29) is 6.04 Å². The number of nitrogens with zero attached hydrogens (tertiary/aromatic N) is 4. The Balaban J connectivity index is 1.25. The number of guanidine groups is 1. The highest BCUT2D eigenvalue weighted by Crippen LogP contribution is 2.25. The van der Waals surface area contributed by atoms with Crippen molar-refractivity contribution in [3.8, 4) is 11.5 Å². The first-order valence-electron chi connectivity index (χ1n) is 10.5. The summed E-state index contributed by atoms with van der Waals surface area (Å²) in [7, 11) is 1.78. The zero-order valence-electron chi connectivity index (χ0n) is 17.8. The first kappa shape index (κ1) is 21.2. The second-order valence-electron chi connectivity index (χ2n) is 7.64. The SMILES string of the molecule is CN=C(NCCc1coc(-c2ccc(C)cc2)n1)NC1CCN(c2ncccc2Cl)C1. The second kappa shape index (κ2) is 9.83. The van der Waals surface area contributed by atoms with Gasteiger partial charge in [-0.05, 0) is 37.6 Å². The number of halogens is 1. The van der Waals surface area contributed by atoms with Crippen molar-refractivity contribution >= 4 is 23.4 Å². The number of oxazole rings is 1. The monoisotopic (exact) mass is 438 g/mol. The summed E-state index contributed by atoms with van der Waals surface area (Å²) in [6, 6.07) is 12.2. The van der Waals surface area contributed by atoms with Gasteiger partial charge in [-0.15, -0.1) is 0 Å². The second-order valence-corrected chi connectivity index (χ2v) is 8.05. The van der Waals surface area contributed by atoms with Crippen LogP contribution in [0.1, 0.15) is 17.7 Å². The summed E-state index contributed by atoms with van der Waals surface area (Å²) in [5.74, 6) is 2.27. The first-order valence-corrected chi connectivity index (χ1v) is 10.8. The van der Waals surface area contributed by atoms with Crippen LogP contribution in [0.25, 0.3) is 11.5 Å². The highest BCUT2D eigenvalue weighted by molar-refractivity contribution is 6.32. The molecule has 8 heteroatoms. The van der Waals surface area contributed by atoms with Gasteiger partial charge < -0.3 is 20.0 Å². The molecule has 0 saturated carbocycles. The maximum Gasteiger partial charge on any atom is 0.226 e. The summed E-state index contributed by atoms with van der Waals surface area (Å²) in [5, 5.41) is 7.54. The van der Waals surface area contributed by atoms with E-state index in [1.807, 2.05) is 24.3 Å². The average Bonchev–Trinajstić information content (AvgIpc) is 3.44. The maximum atomic E-state index is 6.29. The topological polar surface area (TPSA) is 78.6 Å². The number of hydrogen-bond acceptors (Lipinski definition) is 5. The molecule has 3 aromatic rings. The molecule has 1 atom stereocenters. The van der Waals surface area contributed by atoms with Crippen LogP contribution >= 0.6 is 11.6 Å². The third-order valence-electron chi connectivity index (χ3n) is 5.32. The lowest BCUT2D eigenvalue weighted by atomic mass is 10.1. The molecular formula is C23H27ClN6O. The van der Waals surface area contributed by atoms with E-state index in [0.29, 0.717) is 17.5 Å². The lowest BCUT2D eigenvalue weighted by molar-refractivity contribution is 0.572. The average molecular weight is 439 g/mol.